The molecule has 0 aliphatic rings. The Bertz CT molecular complexity index is 593. The van der Waals surface area contributed by atoms with Gasteiger partial charge in [-0.2, -0.15) is 0 Å². The van der Waals surface area contributed by atoms with Gasteiger partial charge in [-0.3, -0.25) is 9.59 Å². The molecular formula is C14H17N3O2S2. The molecule has 0 saturated heterocycles. The van der Waals surface area contributed by atoms with E-state index in [0.717, 1.165) is 22.0 Å². The third kappa shape index (κ3) is 4.95. The number of aromatic nitrogens is 1. The lowest BCUT2D eigenvalue weighted by atomic mass is 10.3. The second kappa shape index (κ2) is 7.90. The Morgan fingerprint density at radius 3 is 2.81 bits per heavy atom. The predicted molar refractivity (Wildman–Crippen MR) is 85.4 cm³/mol. The number of rotatable bonds is 7. The van der Waals surface area contributed by atoms with E-state index >= 15 is 0 Å². The van der Waals surface area contributed by atoms with E-state index < -0.39 is 0 Å². The molecule has 2 N–H and O–H groups in total. The van der Waals surface area contributed by atoms with E-state index in [1.54, 1.807) is 11.3 Å². The molecule has 0 atom stereocenters. The van der Waals surface area contributed by atoms with E-state index in [1.165, 1.54) is 11.3 Å². The van der Waals surface area contributed by atoms with Gasteiger partial charge in [0.1, 0.15) is 5.01 Å². The molecule has 112 valence electrons. The summed E-state index contributed by atoms with van der Waals surface area (Å²) in [5.74, 6) is -0.354. The van der Waals surface area contributed by atoms with Crippen LogP contribution in [0.4, 0.5) is 0 Å². The zero-order valence-electron chi connectivity index (χ0n) is 11.7. The number of amides is 2. The summed E-state index contributed by atoms with van der Waals surface area (Å²) in [5.41, 5.74) is 0.731. The van der Waals surface area contributed by atoms with E-state index in [9.17, 15) is 9.59 Å². The Labute approximate surface area is 131 Å². The van der Waals surface area contributed by atoms with Crippen LogP contribution in [0.2, 0.25) is 0 Å². The second-order valence-electron chi connectivity index (χ2n) is 4.42. The summed E-state index contributed by atoms with van der Waals surface area (Å²) >= 11 is 3.15. The van der Waals surface area contributed by atoms with E-state index in [2.05, 4.69) is 15.6 Å². The molecule has 0 unspecified atom stereocenters. The minimum atomic E-state index is -0.190. The fourth-order valence-corrected chi connectivity index (χ4v) is 3.27. The zero-order chi connectivity index (χ0) is 15.1. The summed E-state index contributed by atoms with van der Waals surface area (Å²) in [7, 11) is 0. The first kappa shape index (κ1) is 15.7. The molecule has 2 rings (SSSR count). The van der Waals surface area contributed by atoms with E-state index in [0.29, 0.717) is 6.54 Å². The largest absolute Gasteiger partial charge is 0.355 e. The number of thiazole rings is 1. The minimum absolute atomic E-state index is 0.0146. The van der Waals surface area contributed by atoms with Crippen molar-refractivity contribution in [3.63, 3.8) is 0 Å². The maximum atomic E-state index is 11.8. The van der Waals surface area contributed by atoms with Gasteiger partial charge in [0.05, 0.1) is 23.5 Å². The first-order chi connectivity index (χ1) is 10.2. The molecule has 0 aromatic carbocycles. The van der Waals surface area contributed by atoms with E-state index in [-0.39, 0.29) is 24.8 Å². The molecule has 21 heavy (non-hydrogen) atoms. The molecule has 0 aliphatic carbocycles. The first-order valence-electron chi connectivity index (χ1n) is 6.70. The van der Waals surface area contributed by atoms with Gasteiger partial charge >= 0.3 is 0 Å². The summed E-state index contributed by atoms with van der Waals surface area (Å²) in [6.45, 7) is 2.62. The van der Waals surface area contributed by atoms with Crippen LogP contribution >= 0.6 is 22.7 Å². The highest BCUT2D eigenvalue weighted by atomic mass is 32.1. The number of thiophene rings is 1. The van der Waals surface area contributed by atoms with Crippen LogP contribution in [0.5, 0.6) is 0 Å². The van der Waals surface area contributed by atoms with Crippen molar-refractivity contribution in [2.24, 2.45) is 0 Å². The number of nitrogens with zero attached hydrogens (tertiary/aromatic N) is 1. The second-order valence-corrected chi connectivity index (χ2v) is 6.23. The predicted octanol–water partition coefficient (Wildman–Crippen LogP) is 2.06. The lowest BCUT2D eigenvalue weighted by molar-refractivity contribution is -0.125. The van der Waals surface area contributed by atoms with Gasteiger partial charge in [0, 0.05) is 11.9 Å². The van der Waals surface area contributed by atoms with Crippen LogP contribution in [0, 0.1) is 0 Å². The van der Waals surface area contributed by atoms with E-state index in [4.69, 9.17) is 0 Å². The van der Waals surface area contributed by atoms with Crippen molar-refractivity contribution in [2.75, 3.05) is 13.1 Å². The molecule has 0 aliphatic heterocycles. The fraction of sp³-hybridized carbons (Fsp3) is 0.357. The van der Waals surface area contributed by atoms with Gasteiger partial charge in [-0.05, 0) is 17.9 Å². The standard InChI is InChI=1S/C14H17N3O2S2/c1-2-5-15-13(19)8-16-12(18)7-10-9-21-14(17-10)11-4-3-6-20-11/h3-4,6,9H,2,5,7-8H2,1H3,(H,15,19)(H,16,18). The lowest BCUT2D eigenvalue weighted by Crippen LogP contribution is -2.37. The molecule has 2 heterocycles. The highest BCUT2D eigenvalue weighted by molar-refractivity contribution is 7.20. The number of hydrogen-bond acceptors (Lipinski definition) is 5. The molecule has 2 aromatic rings. The molecule has 0 fully saturated rings. The number of nitrogens with one attached hydrogen (secondary N) is 2. The first-order valence-corrected chi connectivity index (χ1v) is 8.46. The SMILES string of the molecule is CCCNC(=O)CNC(=O)Cc1csc(-c2cccs2)n1. The van der Waals surface area contributed by atoms with Gasteiger partial charge in [0.25, 0.3) is 0 Å². The van der Waals surface area contributed by atoms with Crippen molar-refractivity contribution in [3.8, 4) is 9.88 Å². The summed E-state index contributed by atoms with van der Waals surface area (Å²) in [6, 6.07) is 3.98. The average Bonchev–Trinajstić information content (AvgIpc) is 3.13. The van der Waals surface area contributed by atoms with Gasteiger partial charge < -0.3 is 10.6 Å². The molecule has 0 spiro atoms. The summed E-state index contributed by atoms with van der Waals surface area (Å²) < 4.78 is 0. The Hall–Kier alpha value is -1.73. The van der Waals surface area contributed by atoms with Gasteiger partial charge in [-0.15, -0.1) is 22.7 Å². The third-order valence-electron chi connectivity index (χ3n) is 2.64. The van der Waals surface area contributed by atoms with Crippen LogP contribution < -0.4 is 10.6 Å². The maximum absolute atomic E-state index is 11.8. The average molecular weight is 323 g/mol. The van der Waals surface area contributed by atoms with Crippen LogP contribution in [0.3, 0.4) is 0 Å². The molecule has 5 nitrogen and oxygen atoms in total. The van der Waals surface area contributed by atoms with E-state index in [1.807, 2.05) is 29.8 Å². The van der Waals surface area contributed by atoms with Gasteiger partial charge in [-0.25, -0.2) is 4.98 Å². The molecule has 2 amide bonds. The fourth-order valence-electron chi connectivity index (χ4n) is 1.63. The van der Waals surface area contributed by atoms with Crippen molar-refractivity contribution < 1.29 is 9.59 Å². The highest BCUT2D eigenvalue weighted by Crippen LogP contribution is 2.27. The highest BCUT2D eigenvalue weighted by Gasteiger charge is 2.10. The van der Waals surface area contributed by atoms with Crippen LogP contribution in [0.1, 0.15) is 19.0 Å². The summed E-state index contributed by atoms with van der Waals surface area (Å²) in [4.78, 5) is 28.7. The number of hydrogen-bond donors (Lipinski definition) is 2. The molecule has 0 radical (unpaired) electrons. The third-order valence-corrected chi connectivity index (χ3v) is 4.57. The minimum Gasteiger partial charge on any atom is -0.355 e. The smallest absolute Gasteiger partial charge is 0.239 e. The normalized spacial score (nSPS) is 10.3. The lowest BCUT2D eigenvalue weighted by Gasteiger charge is -2.04. The van der Waals surface area contributed by atoms with Gasteiger partial charge in [0.15, 0.2) is 0 Å². The maximum Gasteiger partial charge on any atom is 0.239 e. The quantitative estimate of drug-likeness (QED) is 0.819. The van der Waals surface area contributed by atoms with Crippen LogP contribution in [-0.2, 0) is 16.0 Å². The van der Waals surface area contributed by atoms with Crippen molar-refractivity contribution >= 4 is 34.5 Å². The molecule has 0 saturated carbocycles. The molecular weight excluding hydrogens is 306 g/mol. The topological polar surface area (TPSA) is 71.1 Å². The Morgan fingerprint density at radius 1 is 1.24 bits per heavy atom. The monoisotopic (exact) mass is 323 g/mol. The van der Waals surface area contributed by atoms with Crippen molar-refractivity contribution in [2.45, 2.75) is 19.8 Å². The van der Waals surface area contributed by atoms with Crippen molar-refractivity contribution in [1.82, 2.24) is 15.6 Å². The van der Waals surface area contributed by atoms with Crippen LogP contribution in [-0.4, -0.2) is 29.9 Å². The number of carbonyl (C=O) groups is 2. The van der Waals surface area contributed by atoms with Crippen molar-refractivity contribution in [1.29, 1.82) is 0 Å². The molecule has 2 aromatic heterocycles. The Kier molecular flexibility index (Phi) is 5.89. The van der Waals surface area contributed by atoms with Crippen LogP contribution in [0.25, 0.3) is 9.88 Å². The zero-order valence-corrected chi connectivity index (χ0v) is 13.4. The Balaban J connectivity index is 1.79. The van der Waals surface area contributed by atoms with Gasteiger partial charge in [0.2, 0.25) is 11.8 Å². The summed E-state index contributed by atoms with van der Waals surface area (Å²) in [6.07, 6.45) is 1.08. The van der Waals surface area contributed by atoms with Crippen molar-refractivity contribution in [3.05, 3.63) is 28.6 Å². The summed E-state index contributed by atoms with van der Waals surface area (Å²) in [5, 5.41) is 10.1. The number of carbonyl (C=O) groups excluding carboxylic acids is 2. The Morgan fingerprint density at radius 2 is 2.10 bits per heavy atom. The molecule has 7 heteroatoms. The molecule has 0 bridgehead atoms. The van der Waals surface area contributed by atoms with Gasteiger partial charge in [-0.1, -0.05) is 13.0 Å². The van der Waals surface area contributed by atoms with Crippen LogP contribution in [0.15, 0.2) is 22.9 Å².